The van der Waals surface area contributed by atoms with Crippen molar-refractivity contribution in [2.45, 2.75) is 30.8 Å². The summed E-state index contributed by atoms with van der Waals surface area (Å²) in [4.78, 5) is 12.6. The molecule has 0 radical (unpaired) electrons. The Labute approximate surface area is 226 Å². The van der Waals surface area contributed by atoms with Gasteiger partial charge in [0.25, 0.3) is 6.43 Å². The number of sulfonamides is 1. The lowest BCUT2D eigenvalue weighted by molar-refractivity contribution is 0.153. The second-order valence-electron chi connectivity index (χ2n) is 9.34. The predicted molar refractivity (Wildman–Crippen MR) is 140 cm³/mol. The maximum Gasteiger partial charge on any atom is 0.266 e. The van der Waals surface area contributed by atoms with Crippen LogP contribution in [0.4, 0.5) is 33.6 Å². The molecule has 0 amide bonds. The Morgan fingerprint density at radius 1 is 1.02 bits per heavy atom. The summed E-state index contributed by atoms with van der Waals surface area (Å²) in [5, 5.41) is 5.87. The fourth-order valence-corrected chi connectivity index (χ4v) is 5.58. The topological polar surface area (TPSA) is 109 Å². The first-order valence-electron chi connectivity index (χ1n) is 12.2. The van der Waals surface area contributed by atoms with Crippen molar-refractivity contribution < 1.29 is 30.4 Å². The fraction of sp³-hybridized carbons (Fsp3) is 0.269. The van der Waals surface area contributed by atoms with E-state index in [9.17, 15) is 30.4 Å². The van der Waals surface area contributed by atoms with E-state index in [0.29, 0.717) is 12.1 Å². The van der Waals surface area contributed by atoms with E-state index in [1.807, 2.05) is 0 Å². The molecule has 0 spiro atoms. The first kappa shape index (κ1) is 27.6. The number of nitrogens with one attached hydrogen (secondary N) is 3. The molecule has 0 aliphatic carbocycles. The molecule has 2 aromatic carbocycles. The van der Waals surface area contributed by atoms with E-state index in [4.69, 9.17) is 0 Å². The summed E-state index contributed by atoms with van der Waals surface area (Å²) in [5.41, 5.74) is -0.466. The van der Waals surface area contributed by atoms with Crippen LogP contribution >= 0.6 is 0 Å². The van der Waals surface area contributed by atoms with Crippen molar-refractivity contribution in [3.8, 4) is 11.3 Å². The molecule has 8 nitrogen and oxygen atoms in total. The smallest absolute Gasteiger partial charge is 0.266 e. The molecular formula is C26H23F5N6O2S. The molecule has 14 heteroatoms. The van der Waals surface area contributed by atoms with E-state index in [1.165, 1.54) is 24.4 Å². The van der Waals surface area contributed by atoms with Crippen molar-refractivity contribution in [2.75, 3.05) is 23.1 Å². The number of hydrogen-bond donors (Lipinski definition) is 3. The normalized spacial score (nSPS) is 17.8. The summed E-state index contributed by atoms with van der Waals surface area (Å²) < 4.78 is 96.8. The van der Waals surface area contributed by atoms with Crippen molar-refractivity contribution in [3.63, 3.8) is 0 Å². The Balaban J connectivity index is 1.39. The average Bonchev–Trinajstić information content (AvgIpc) is 2.90. The lowest BCUT2D eigenvalue weighted by atomic mass is 10.1. The highest BCUT2D eigenvalue weighted by molar-refractivity contribution is 7.91. The van der Waals surface area contributed by atoms with Gasteiger partial charge in [-0.2, -0.15) is 0 Å². The van der Waals surface area contributed by atoms with Gasteiger partial charge < -0.3 is 10.6 Å². The molecule has 40 heavy (non-hydrogen) atoms. The first-order chi connectivity index (χ1) is 19.1. The first-order valence-corrected chi connectivity index (χ1v) is 13.8. The zero-order valence-corrected chi connectivity index (χ0v) is 21.5. The highest BCUT2D eigenvalue weighted by Crippen LogP contribution is 2.32. The molecule has 0 bridgehead atoms. The van der Waals surface area contributed by atoms with Crippen molar-refractivity contribution in [1.29, 1.82) is 0 Å². The van der Waals surface area contributed by atoms with Gasteiger partial charge in [-0.05, 0) is 35.9 Å². The van der Waals surface area contributed by atoms with Crippen molar-refractivity contribution in [1.82, 2.24) is 20.3 Å². The van der Waals surface area contributed by atoms with Gasteiger partial charge in [0.2, 0.25) is 16.0 Å². The third kappa shape index (κ3) is 6.45. The van der Waals surface area contributed by atoms with Gasteiger partial charge in [0.15, 0.2) is 0 Å². The Morgan fingerprint density at radius 3 is 2.50 bits per heavy atom. The molecule has 210 valence electrons. The summed E-state index contributed by atoms with van der Waals surface area (Å²) >= 11 is 0. The zero-order chi connectivity index (χ0) is 28.4. The summed E-state index contributed by atoms with van der Waals surface area (Å²) in [7, 11) is -4.04. The summed E-state index contributed by atoms with van der Waals surface area (Å²) in [6, 6.07) is 9.05. The Bertz CT molecular complexity index is 1640. The number of anilines is 2. The lowest BCUT2D eigenvalue weighted by Gasteiger charge is -2.26. The van der Waals surface area contributed by atoms with Crippen LogP contribution in [0.1, 0.15) is 24.0 Å². The summed E-state index contributed by atoms with van der Waals surface area (Å²) in [6.07, 6.45) is -2.53. The number of nitrogens with zero attached hydrogens (tertiary/aromatic N) is 3. The van der Waals surface area contributed by atoms with E-state index in [-0.39, 0.29) is 52.9 Å². The minimum Gasteiger partial charge on any atom is -0.350 e. The van der Waals surface area contributed by atoms with Gasteiger partial charge in [-0.25, -0.2) is 45.3 Å². The largest absolute Gasteiger partial charge is 0.350 e. The highest BCUT2D eigenvalue weighted by Gasteiger charge is 2.23. The fourth-order valence-electron chi connectivity index (χ4n) is 4.37. The van der Waals surface area contributed by atoms with Crippen LogP contribution in [0.15, 0.2) is 54.7 Å². The summed E-state index contributed by atoms with van der Waals surface area (Å²) in [5.74, 6) is -1.94. The van der Waals surface area contributed by atoms with Crippen molar-refractivity contribution in [3.05, 3.63) is 77.5 Å². The maximum absolute atomic E-state index is 14.9. The van der Waals surface area contributed by atoms with Crippen LogP contribution in [0.3, 0.4) is 0 Å². The zero-order valence-electron chi connectivity index (χ0n) is 20.7. The number of halogens is 5. The van der Waals surface area contributed by atoms with Crippen LogP contribution in [0.5, 0.6) is 0 Å². The molecule has 3 N–H and O–H groups in total. The molecule has 4 aromatic rings. The monoisotopic (exact) mass is 578 g/mol. The highest BCUT2D eigenvalue weighted by atomic mass is 32.2. The molecule has 0 unspecified atom stereocenters. The predicted octanol–water partition coefficient (Wildman–Crippen LogP) is 4.96. The van der Waals surface area contributed by atoms with Crippen LogP contribution in [0.25, 0.3) is 22.3 Å². The molecule has 1 aliphatic heterocycles. The van der Waals surface area contributed by atoms with Crippen LogP contribution in [-0.4, -0.2) is 48.7 Å². The van der Waals surface area contributed by atoms with E-state index in [2.05, 4.69) is 30.3 Å². The van der Waals surface area contributed by atoms with Crippen molar-refractivity contribution in [2.24, 2.45) is 0 Å². The Morgan fingerprint density at radius 2 is 1.80 bits per heavy atom. The molecule has 2 aromatic heterocycles. The summed E-state index contributed by atoms with van der Waals surface area (Å²) in [6.45, 7) is 0.701. The maximum atomic E-state index is 14.9. The number of aromatic nitrogens is 3. The number of hydrogen-bond acceptors (Lipinski definition) is 7. The van der Waals surface area contributed by atoms with E-state index in [0.717, 1.165) is 30.3 Å². The quantitative estimate of drug-likeness (QED) is 0.254. The average molecular weight is 579 g/mol. The van der Waals surface area contributed by atoms with Gasteiger partial charge in [-0.15, -0.1) is 0 Å². The van der Waals surface area contributed by atoms with Crippen LogP contribution in [0, 0.1) is 11.6 Å². The number of benzene rings is 2. The third-order valence-corrected chi connectivity index (χ3v) is 7.49. The van der Waals surface area contributed by atoms with Gasteiger partial charge in [0, 0.05) is 36.7 Å². The second-order valence-corrected chi connectivity index (χ2v) is 11.1. The van der Waals surface area contributed by atoms with Gasteiger partial charge in [-0.3, -0.25) is 4.72 Å². The van der Waals surface area contributed by atoms with Gasteiger partial charge >= 0.3 is 0 Å². The van der Waals surface area contributed by atoms with Gasteiger partial charge in [0.1, 0.15) is 28.8 Å². The Hall–Kier alpha value is -3.91. The molecule has 1 aliphatic rings. The third-order valence-electron chi connectivity index (χ3n) is 6.24. The van der Waals surface area contributed by atoms with Gasteiger partial charge in [-0.1, -0.05) is 18.2 Å². The van der Waals surface area contributed by atoms with Crippen molar-refractivity contribution >= 4 is 32.7 Å². The Kier molecular flexibility index (Phi) is 7.81. The SMILES string of the molecule is O=S(=O)(Cc1ccc(F)cc1)Nc1ccc(-c2cc(C(F)F)c3nc(N[C@@H]4CNC[C@@H](F)C4)ncc3n2)cc1F. The molecule has 1 saturated heterocycles. The van der Waals surface area contributed by atoms with Gasteiger partial charge in [0.05, 0.1) is 23.3 Å². The number of fused-ring (bicyclic) bond motifs is 1. The number of rotatable bonds is 8. The molecule has 3 heterocycles. The second kappa shape index (κ2) is 11.3. The lowest BCUT2D eigenvalue weighted by Crippen LogP contribution is -2.44. The standard InChI is InChI=1S/C26H23F5N6O2S/c27-16-4-1-14(2-5-16)13-40(38,39)37-21-6-3-15(7-20(21)29)22-9-19(25(30)31)24-23(35-22)12-33-26(36-24)34-18-8-17(28)10-32-11-18/h1-7,9,12,17-18,25,32,37H,8,10-11,13H2,(H,33,34,36)/t17-,18-/m0/s1. The minimum atomic E-state index is -4.04. The van der Waals surface area contributed by atoms with Crippen LogP contribution < -0.4 is 15.4 Å². The number of alkyl halides is 3. The van der Waals surface area contributed by atoms with E-state index < -0.39 is 45.6 Å². The number of pyridine rings is 1. The molecule has 0 saturated carbocycles. The molecule has 2 atom stereocenters. The van der Waals surface area contributed by atoms with Crippen LogP contribution in [0.2, 0.25) is 0 Å². The molecular weight excluding hydrogens is 555 g/mol. The molecule has 5 rings (SSSR count). The van der Waals surface area contributed by atoms with E-state index in [1.54, 1.807) is 0 Å². The minimum absolute atomic E-state index is 0.00322. The van der Waals surface area contributed by atoms with E-state index >= 15 is 0 Å². The molecule has 1 fully saturated rings. The number of piperidine rings is 1. The van der Waals surface area contributed by atoms with Crippen LogP contribution in [-0.2, 0) is 15.8 Å².